The molecular formula is C34H41F. The summed E-state index contributed by atoms with van der Waals surface area (Å²) in [5.41, 5.74) is 5.75. The lowest BCUT2D eigenvalue weighted by atomic mass is 9.76. The van der Waals surface area contributed by atoms with Crippen LogP contribution in [-0.4, -0.2) is 0 Å². The Morgan fingerprint density at radius 2 is 1.49 bits per heavy atom. The summed E-state index contributed by atoms with van der Waals surface area (Å²) < 4.78 is 14.3. The van der Waals surface area contributed by atoms with Crippen LogP contribution in [0.1, 0.15) is 92.5 Å². The molecule has 1 heteroatoms. The predicted octanol–water partition coefficient (Wildman–Crippen LogP) is 9.88. The first-order valence-electron chi connectivity index (χ1n) is 13.7. The average molecular weight is 469 g/mol. The minimum atomic E-state index is -0.131. The van der Waals surface area contributed by atoms with E-state index < -0.39 is 0 Å². The minimum Gasteiger partial charge on any atom is -0.206 e. The third kappa shape index (κ3) is 7.66. The van der Waals surface area contributed by atoms with Crippen LogP contribution in [0.2, 0.25) is 0 Å². The number of benzene rings is 3. The van der Waals surface area contributed by atoms with Gasteiger partial charge in [-0.1, -0.05) is 125 Å². The molecule has 0 radical (unpaired) electrons. The van der Waals surface area contributed by atoms with Crippen molar-refractivity contribution in [1.82, 2.24) is 0 Å². The fourth-order valence-electron chi connectivity index (χ4n) is 5.68. The lowest BCUT2D eigenvalue weighted by Gasteiger charge is -2.30. The Morgan fingerprint density at radius 1 is 0.800 bits per heavy atom. The van der Waals surface area contributed by atoms with E-state index in [1.807, 2.05) is 24.3 Å². The lowest BCUT2D eigenvalue weighted by Crippen LogP contribution is -2.16. The highest BCUT2D eigenvalue weighted by Gasteiger charge is 2.23. The molecule has 3 aromatic rings. The van der Waals surface area contributed by atoms with E-state index >= 15 is 0 Å². The van der Waals surface area contributed by atoms with Gasteiger partial charge in [0.25, 0.3) is 0 Å². The molecule has 35 heavy (non-hydrogen) atoms. The second-order valence-corrected chi connectivity index (χ2v) is 10.7. The fourth-order valence-corrected chi connectivity index (χ4v) is 5.68. The second kappa shape index (κ2) is 12.9. The zero-order valence-corrected chi connectivity index (χ0v) is 21.6. The van der Waals surface area contributed by atoms with E-state index in [1.165, 1.54) is 49.7 Å². The first-order chi connectivity index (χ1) is 17.1. The maximum absolute atomic E-state index is 14.3. The lowest BCUT2D eigenvalue weighted by molar-refractivity contribution is 0.245. The van der Waals surface area contributed by atoms with E-state index in [0.717, 1.165) is 42.2 Å². The van der Waals surface area contributed by atoms with Gasteiger partial charge in [0.15, 0.2) is 0 Å². The van der Waals surface area contributed by atoms with Gasteiger partial charge in [0.1, 0.15) is 5.82 Å². The average Bonchev–Trinajstić information content (AvgIpc) is 2.89. The smallest absolute Gasteiger partial charge is 0.130 e. The molecule has 0 nitrogen and oxygen atoms in total. The van der Waals surface area contributed by atoms with E-state index in [9.17, 15) is 4.39 Å². The first kappa shape index (κ1) is 25.4. The first-order valence-corrected chi connectivity index (χ1v) is 13.7. The largest absolute Gasteiger partial charge is 0.206 e. The third-order valence-electron chi connectivity index (χ3n) is 7.90. The van der Waals surface area contributed by atoms with Crippen LogP contribution in [-0.2, 0) is 12.8 Å². The summed E-state index contributed by atoms with van der Waals surface area (Å²) in [6.45, 7) is 4.51. The molecule has 0 N–H and O–H groups in total. The molecule has 0 aliphatic heterocycles. The molecule has 1 aliphatic carbocycles. The Kier molecular flexibility index (Phi) is 9.35. The molecule has 3 aromatic carbocycles. The van der Waals surface area contributed by atoms with E-state index in [-0.39, 0.29) is 5.82 Å². The Labute approximate surface area is 212 Å². The highest BCUT2D eigenvalue weighted by molar-refractivity contribution is 5.70. The highest BCUT2D eigenvalue weighted by atomic mass is 19.1. The van der Waals surface area contributed by atoms with Gasteiger partial charge in [0.2, 0.25) is 0 Å². The van der Waals surface area contributed by atoms with Crippen molar-refractivity contribution < 1.29 is 4.39 Å². The Morgan fingerprint density at radius 3 is 2.17 bits per heavy atom. The van der Waals surface area contributed by atoms with Crippen LogP contribution in [0.5, 0.6) is 0 Å². The SMILES string of the molecule is CCCc1ccc(C=Cc2ccc(CCC3CCC(C[C@@H](C)c4ccccc4)CC3)cc2)c(F)c1. The highest BCUT2D eigenvalue weighted by Crippen LogP contribution is 2.37. The van der Waals surface area contributed by atoms with Crippen LogP contribution in [0, 0.1) is 17.7 Å². The molecule has 0 aromatic heterocycles. The molecule has 1 fully saturated rings. The molecule has 0 saturated heterocycles. The normalized spacial score (nSPS) is 19.2. The molecular weight excluding hydrogens is 427 g/mol. The van der Waals surface area contributed by atoms with E-state index in [1.54, 1.807) is 6.07 Å². The molecule has 0 unspecified atom stereocenters. The Hall–Kier alpha value is -2.67. The van der Waals surface area contributed by atoms with Crippen molar-refractivity contribution in [3.63, 3.8) is 0 Å². The maximum atomic E-state index is 14.3. The maximum Gasteiger partial charge on any atom is 0.130 e. The molecule has 0 bridgehead atoms. The summed E-state index contributed by atoms with van der Waals surface area (Å²) in [6, 6.07) is 25.4. The van der Waals surface area contributed by atoms with Gasteiger partial charge < -0.3 is 0 Å². The summed E-state index contributed by atoms with van der Waals surface area (Å²) in [4.78, 5) is 0. The van der Waals surface area contributed by atoms with Crippen LogP contribution >= 0.6 is 0 Å². The molecule has 184 valence electrons. The van der Waals surface area contributed by atoms with Gasteiger partial charge >= 0.3 is 0 Å². The van der Waals surface area contributed by atoms with E-state index in [4.69, 9.17) is 0 Å². The van der Waals surface area contributed by atoms with Crippen molar-refractivity contribution in [2.45, 2.75) is 77.6 Å². The number of halogens is 1. The Balaban J connectivity index is 1.20. The molecule has 0 heterocycles. The number of hydrogen-bond donors (Lipinski definition) is 0. The zero-order valence-electron chi connectivity index (χ0n) is 21.6. The van der Waals surface area contributed by atoms with Crippen LogP contribution < -0.4 is 0 Å². The monoisotopic (exact) mass is 468 g/mol. The van der Waals surface area contributed by atoms with E-state index in [2.05, 4.69) is 68.4 Å². The molecule has 4 rings (SSSR count). The fraction of sp³-hybridized carbons (Fsp3) is 0.412. The molecule has 1 saturated carbocycles. The van der Waals surface area contributed by atoms with Crippen molar-refractivity contribution in [2.24, 2.45) is 11.8 Å². The van der Waals surface area contributed by atoms with Gasteiger partial charge in [-0.15, -0.1) is 0 Å². The Bertz CT molecular complexity index is 1060. The van der Waals surface area contributed by atoms with Crippen molar-refractivity contribution in [3.8, 4) is 0 Å². The summed E-state index contributed by atoms with van der Waals surface area (Å²) in [6.07, 6.45) is 15.2. The van der Waals surface area contributed by atoms with Crippen LogP contribution in [0.15, 0.2) is 72.8 Å². The van der Waals surface area contributed by atoms with Gasteiger partial charge in [0.05, 0.1) is 0 Å². The van der Waals surface area contributed by atoms with E-state index in [0.29, 0.717) is 11.5 Å². The summed E-state index contributed by atoms with van der Waals surface area (Å²) in [5, 5.41) is 0. The second-order valence-electron chi connectivity index (χ2n) is 10.7. The van der Waals surface area contributed by atoms with Gasteiger partial charge in [-0.05, 0) is 71.8 Å². The van der Waals surface area contributed by atoms with Crippen molar-refractivity contribution in [3.05, 3.63) is 106 Å². The molecule has 0 spiro atoms. The van der Waals surface area contributed by atoms with Crippen LogP contribution in [0.25, 0.3) is 12.2 Å². The van der Waals surface area contributed by atoms with Crippen LogP contribution in [0.3, 0.4) is 0 Å². The minimum absolute atomic E-state index is 0.131. The quantitative estimate of drug-likeness (QED) is 0.260. The molecule has 1 aliphatic rings. The predicted molar refractivity (Wildman–Crippen MR) is 149 cm³/mol. The van der Waals surface area contributed by atoms with Crippen molar-refractivity contribution in [2.75, 3.05) is 0 Å². The number of aryl methyl sites for hydroxylation is 2. The standard InChI is InChI=1S/C34H41F/c1-3-7-30-21-23-33(34(35)25-30)22-20-29-14-12-27(13-15-29)10-11-28-16-18-31(19-17-28)24-26(2)32-8-5-4-6-9-32/h4-6,8-9,12-15,20-23,25-26,28,31H,3,7,10-11,16-19,24H2,1-2H3/t26-,28?,31?/m1/s1. The molecule has 1 atom stereocenters. The number of hydrogen-bond acceptors (Lipinski definition) is 0. The van der Waals surface area contributed by atoms with Crippen molar-refractivity contribution >= 4 is 12.2 Å². The van der Waals surface area contributed by atoms with Crippen LogP contribution in [0.4, 0.5) is 4.39 Å². The summed E-state index contributed by atoms with van der Waals surface area (Å²) >= 11 is 0. The van der Waals surface area contributed by atoms with Gasteiger partial charge in [0, 0.05) is 5.56 Å². The van der Waals surface area contributed by atoms with Crippen molar-refractivity contribution in [1.29, 1.82) is 0 Å². The third-order valence-corrected chi connectivity index (χ3v) is 7.90. The van der Waals surface area contributed by atoms with Gasteiger partial charge in [-0.25, -0.2) is 4.39 Å². The summed E-state index contributed by atoms with van der Waals surface area (Å²) in [5.74, 6) is 2.30. The van der Waals surface area contributed by atoms with Gasteiger partial charge in [-0.2, -0.15) is 0 Å². The summed E-state index contributed by atoms with van der Waals surface area (Å²) in [7, 11) is 0. The van der Waals surface area contributed by atoms with Gasteiger partial charge in [-0.3, -0.25) is 0 Å². The molecule has 0 amide bonds. The zero-order chi connectivity index (χ0) is 24.5. The topological polar surface area (TPSA) is 0 Å². The number of rotatable bonds is 10.